The summed E-state index contributed by atoms with van der Waals surface area (Å²) in [6.07, 6.45) is 2.78. The lowest BCUT2D eigenvalue weighted by atomic mass is 10.0. The lowest BCUT2D eigenvalue weighted by molar-refractivity contribution is -0.138. The Bertz CT molecular complexity index is 524. The van der Waals surface area contributed by atoms with Crippen LogP contribution >= 0.6 is 34.8 Å². The third kappa shape index (κ3) is 4.16. The summed E-state index contributed by atoms with van der Waals surface area (Å²) in [5.41, 5.74) is 0. The largest absolute Gasteiger partial charge is 0.482 e. The summed E-state index contributed by atoms with van der Waals surface area (Å²) < 4.78 is 5.43. The van der Waals surface area contributed by atoms with Gasteiger partial charge in [0.2, 0.25) is 0 Å². The molecule has 1 heterocycles. The average molecular weight is 353 g/mol. The van der Waals surface area contributed by atoms with Crippen molar-refractivity contribution in [2.75, 3.05) is 19.8 Å². The zero-order valence-corrected chi connectivity index (χ0v) is 13.6. The SMILES string of the molecule is O=C(COc1cc(Cl)c(Cl)cc1Cl)N1CCCCC1CO. The van der Waals surface area contributed by atoms with Gasteiger partial charge in [0.25, 0.3) is 5.91 Å². The number of hydrogen-bond donors (Lipinski definition) is 1. The van der Waals surface area contributed by atoms with E-state index in [0.29, 0.717) is 27.4 Å². The highest BCUT2D eigenvalue weighted by molar-refractivity contribution is 6.43. The van der Waals surface area contributed by atoms with Crippen LogP contribution in [0.3, 0.4) is 0 Å². The van der Waals surface area contributed by atoms with E-state index < -0.39 is 0 Å². The van der Waals surface area contributed by atoms with Gasteiger partial charge in [-0.1, -0.05) is 34.8 Å². The fourth-order valence-corrected chi connectivity index (χ4v) is 2.95. The van der Waals surface area contributed by atoms with E-state index in [9.17, 15) is 9.90 Å². The minimum Gasteiger partial charge on any atom is -0.482 e. The van der Waals surface area contributed by atoms with Crippen molar-refractivity contribution in [2.24, 2.45) is 0 Å². The maximum atomic E-state index is 12.2. The Morgan fingerprint density at radius 3 is 2.67 bits per heavy atom. The summed E-state index contributed by atoms with van der Waals surface area (Å²) in [7, 11) is 0. The summed E-state index contributed by atoms with van der Waals surface area (Å²) in [4.78, 5) is 13.9. The summed E-state index contributed by atoms with van der Waals surface area (Å²) >= 11 is 17.7. The van der Waals surface area contributed by atoms with Gasteiger partial charge >= 0.3 is 0 Å². The third-order valence-corrected chi connectivity index (χ3v) is 4.50. The van der Waals surface area contributed by atoms with Gasteiger partial charge in [0.1, 0.15) is 5.75 Å². The summed E-state index contributed by atoms with van der Waals surface area (Å²) in [6, 6.07) is 2.83. The van der Waals surface area contributed by atoms with E-state index >= 15 is 0 Å². The second-order valence-corrected chi connectivity index (χ2v) is 6.13. The molecule has 1 saturated heterocycles. The van der Waals surface area contributed by atoms with Crippen LogP contribution in [-0.4, -0.2) is 41.7 Å². The van der Waals surface area contributed by atoms with Crippen molar-refractivity contribution >= 4 is 40.7 Å². The van der Waals surface area contributed by atoms with Crippen molar-refractivity contribution < 1.29 is 14.6 Å². The molecule has 116 valence electrons. The molecule has 21 heavy (non-hydrogen) atoms. The number of amides is 1. The van der Waals surface area contributed by atoms with Crippen molar-refractivity contribution in [3.63, 3.8) is 0 Å². The molecule has 1 unspecified atom stereocenters. The molecule has 0 bridgehead atoms. The molecular weight excluding hydrogens is 337 g/mol. The predicted octanol–water partition coefficient (Wildman–Crippen LogP) is 3.40. The van der Waals surface area contributed by atoms with Crippen LogP contribution in [-0.2, 0) is 4.79 Å². The number of likely N-dealkylation sites (tertiary alicyclic amines) is 1. The quantitative estimate of drug-likeness (QED) is 0.845. The number of halogens is 3. The van der Waals surface area contributed by atoms with Crippen molar-refractivity contribution in [1.82, 2.24) is 4.90 Å². The van der Waals surface area contributed by atoms with E-state index in [4.69, 9.17) is 39.5 Å². The standard InChI is InChI=1S/C14H16Cl3NO3/c15-10-5-12(17)13(6-11(10)16)21-8-14(20)18-4-2-1-3-9(18)7-19/h5-6,9,19H,1-4,7-8H2. The first-order valence-electron chi connectivity index (χ1n) is 6.70. The monoisotopic (exact) mass is 351 g/mol. The first-order valence-corrected chi connectivity index (χ1v) is 7.84. The van der Waals surface area contributed by atoms with Crippen LogP contribution in [0.4, 0.5) is 0 Å². The van der Waals surface area contributed by atoms with Crippen molar-refractivity contribution in [2.45, 2.75) is 25.3 Å². The first kappa shape index (κ1) is 16.7. The van der Waals surface area contributed by atoms with Crippen LogP contribution in [0.15, 0.2) is 12.1 Å². The van der Waals surface area contributed by atoms with Gasteiger partial charge in [-0.25, -0.2) is 0 Å². The van der Waals surface area contributed by atoms with Gasteiger partial charge in [-0.3, -0.25) is 4.79 Å². The molecule has 1 fully saturated rings. The summed E-state index contributed by atoms with van der Waals surface area (Å²) in [6.45, 7) is 0.468. The Balaban J connectivity index is 1.99. The molecule has 0 saturated carbocycles. The molecule has 0 spiro atoms. The number of aliphatic hydroxyl groups is 1. The first-order chi connectivity index (χ1) is 10.0. The second kappa shape index (κ2) is 7.54. The molecule has 0 radical (unpaired) electrons. The van der Waals surface area contributed by atoms with E-state index in [2.05, 4.69) is 0 Å². The van der Waals surface area contributed by atoms with Gasteiger partial charge in [0.05, 0.1) is 27.7 Å². The number of rotatable bonds is 4. The van der Waals surface area contributed by atoms with Gasteiger partial charge in [-0.2, -0.15) is 0 Å². The Hall–Kier alpha value is -0.680. The molecule has 2 rings (SSSR count). The summed E-state index contributed by atoms with van der Waals surface area (Å²) in [5, 5.41) is 10.3. The van der Waals surface area contributed by atoms with Crippen LogP contribution in [0.1, 0.15) is 19.3 Å². The lowest BCUT2D eigenvalue weighted by Crippen LogP contribution is -2.47. The fourth-order valence-electron chi connectivity index (χ4n) is 2.36. The van der Waals surface area contributed by atoms with Crippen molar-refractivity contribution in [3.05, 3.63) is 27.2 Å². The zero-order chi connectivity index (χ0) is 15.4. The normalized spacial score (nSPS) is 18.7. The minimum atomic E-state index is -0.170. The maximum Gasteiger partial charge on any atom is 0.260 e. The number of ether oxygens (including phenoxy) is 1. The maximum absolute atomic E-state index is 12.2. The zero-order valence-electron chi connectivity index (χ0n) is 11.3. The number of benzene rings is 1. The molecule has 1 N–H and O–H groups in total. The number of hydrogen-bond acceptors (Lipinski definition) is 3. The lowest BCUT2D eigenvalue weighted by Gasteiger charge is -2.34. The smallest absolute Gasteiger partial charge is 0.260 e. The van der Waals surface area contributed by atoms with E-state index in [-0.39, 0.29) is 25.2 Å². The average Bonchev–Trinajstić information content (AvgIpc) is 2.49. The topological polar surface area (TPSA) is 49.8 Å². The molecule has 7 heteroatoms. The molecule has 1 amide bonds. The number of carbonyl (C=O) groups excluding carboxylic acids is 1. The van der Waals surface area contributed by atoms with Gasteiger partial charge in [-0.05, 0) is 25.3 Å². The second-order valence-electron chi connectivity index (χ2n) is 4.90. The number of piperidine rings is 1. The number of aliphatic hydroxyl groups excluding tert-OH is 1. The molecule has 1 aliphatic heterocycles. The number of nitrogens with zero attached hydrogens (tertiary/aromatic N) is 1. The Morgan fingerprint density at radius 2 is 1.95 bits per heavy atom. The molecule has 0 aromatic heterocycles. The van der Waals surface area contributed by atoms with Gasteiger partial charge in [0.15, 0.2) is 6.61 Å². The van der Waals surface area contributed by atoms with Crippen LogP contribution in [0.25, 0.3) is 0 Å². The molecule has 0 aliphatic carbocycles. The highest BCUT2D eigenvalue weighted by atomic mass is 35.5. The van der Waals surface area contributed by atoms with Crippen LogP contribution in [0.5, 0.6) is 5.75 Å². The van der Waals surface area contributed by atoms with Gasteiger partial charge in [0, 0.05) is 12.6 Å². The molecule has 1 aromatic rings. The highest BCUT2D eigenvalue weighted by Crippen LogP contribution is 2.33. The molecule has 1 aromatic carbocycles. The number of carbonyl (C=O) groups is 1. The van der Waals surface area contributed by atoms with Crippen LogP contribution in [0.2, 0.25) is 15.1 Å². The minimum absolute atomic E-state index is 0.0285. The Kier molecular flexibility index (Phi) is 5.99. The molecular formula is C14H16Cl3NO3. The Labute approximate surface area is 138 Å². The molecule has 1 aliphatic rings. The van der Waals surface area contributed by atoms with Gasteiger partial charge in [-0.15, -0.1) is 0 Å². The van der Waals surface area contributed by atoms with E-state index in [1.807, 2.05) is 0 Å². The predicted molar refractivity (Wildman–Crippen MR) is 83.4 cm³/mol. The van der Waals surface area contributed by atoms with Crippen molar-refractivity contribution in [1.29, 1.82) is 0 Å². The van der Waals surface area contributed by atoms with Crippen LogP contribution < -0.4 is 4.74 Å². The summed E-state index contributed by atoms with van der Waals surface area (Å²) in [5.74, 6) is 0.146. The molecule has 4 nitrogen and oxygen atoms in total. The fraction of sp³-hybridized carbons (Fsp3) is 0.500. The van der Waals surface area contributed by atoms with Crippen molar-refractivity contribution in [3.8, 4) is 5.75 Å². The molecule has 1 atom stereocenters. The van der Waals surface area contributed by atoms with Crippen LogP contribution in [0, 0.1) is 0 Å². The highest BCUT2D eigenvalue weighted by Gasteiger charge is 2.26. The van der Waals surface area contributed by atoms with E-state index in [1.54, 1.807) is 4.90 Å². The third-order valence-electron chi connectivity index (χ3n) is 3.48. The van der Waals surface area contributed by atoms with E-state index in [0.717, 1.165) is 19.3 Å². The van der Waals surface area contributed by atoms with Gasteiger partial charge < -0.3 is 14.7 Å². The Morgan fingerprint density at radius 1 is 1.24 bits per heavy atom. The van der Waals surface area contributed by atoms with E-state index in [1.165, 1.54) is 12.1 Å².